The van der Waals surface area contributed by atoms with E-state index < -0.39 is 173 Å². The van der Waals surface area contributed by atoms with Crippen LogP contribution in [0.15, 0.2) is 23.8 Å². The van der Waals surface area contributed by atoms with E-state index in [-0.39, 0.29) is 59.4 Å². The lowest BCUT2D eigenvalue weighted by Crippen LogP contribution is -2.63. The fraction of sp³-hybridized carbons (Fsp3) is 0.692. The quantitative estimate of drug-likeness (QED) is 0.0133. The minimum atomic E-state index is -5.69. The topological polar surface area (TPSA) is 650 Å². The number of hydrogen-bond donors (Lipinski definition) is 18. The summed E-state index contributed by atoms with van der Waals surface area (Å²) < 4.78 is 114. The van der Waals surface area contributed by atoms with Crippen LogP contribution in [0.5, 0.6) is 0 Å². The van der Waals surface area contributed by atoms with Gasteiger partial charge in [0.2, 0.25) is 17.8 Å². The predicted molar refractivity (Wildman–Crippen MR) is 291 cm³/mol. The van der Waals surface area contributed by atoms with Crippen LogP contribution in [0.3, 0.4) is 0 Å². The monoisotopic (exact) mass is 1380 g/mol. The number of thioether (sulfide) groups is 1. The van der Waals surface area contributed by atoms with E-state index in [0.29, 0.717) is 0 Å². The first-order chi connectivity index (χ1) is 40.8. The third-order valence-corrected chi connectivity index (χ3v) is 19.8. The van der Waals surface area contributed by atoms with Gasteiger partial charge in [0.25, 0.3) is 5.56 Å². The number of phosphoric ester groups is 5. The molecule has 3 fully saturated rings. The van der Waals surface area contributed by atoms with Crippen molar-refractivity contribution in [3.8, 4) is 0 Å². The van der Waals surface area contributed by atoms with Crippen LogP contribution in [0, 0.1) is 5.41 Å². The molecule has 2 amide bonds. The number of hydrogen-bond acceptors (Lipinski definition) is 33. The summed E-state index contributed by atoms with van der Waals surface area (Å²) in [7, 11) is -27.9. The van der Waals surface area contributed by atoms with E-state index in [9.17, 15) is 97.2 Å². The number of aromatic amines is 1. The minimum absolute atomic E-state index is 0.00668. The predicted octanol–water partition coefficient (Wildman–Crippen LogP) is -4.51. The van der Waals surface area contributed by atoms with E-state index in [1.165, 1.54) is 32.5 Å². The molecule has 7 heterocycles. The SMILES string of the molecule is C[C@@H](N[C@H]1[C@H](O)[C@H](O)[C@@H](OP(=O)(O)OP(=O)(O)OC[C@H]2O[C@@H](n3cnc4c(=O)[nH]c(N)nc43)[C@H](O)[C@@H]2O)O[C@@H]1C)SCCNC(=O)CCNC(=O)[C@H](O)C(C)(C)COP(=O)(O)OP(=O)(O)OC[C@H]1O[C@@H](n2cnc3c(N)ncnc32)[C@H](O)[C@@H]1OP(=O)(O)O. The van der Waals surface area contributed by atoms with Gasteiger partial charge in [-0.15, -0.1) is 11.8 Å². The summed E-state index contributed by atoms with van der Waals surface area (Å²) in [5.74, 6) is -1.78. The Hall–Kier alpha value is -3.98. The van der Waals surface area contributed by atoms with Gasteiger partial charge < -0.3 is 96.3 Å². The van der Waals surface area contributed by atoms with Crippen molar-refractivity contribution >= 4 is 96.8 Å². The van der Waals surface area contributed by atoms with E-state index in [1.807, 2.05) is 0 Å². The number of aliphatic hydroxyl groups is 6. The molecule has 4 aromatic heterocycles. The van der Waals surface area contributed by atoms with Gasteiger partial charge in [-0.1, -0.05) is 13.8 Å². The van der Waals surface area contributed by atoms with Crippen LogP contribution in [-0.4, -0.2) is 228 Å². The molecule has 0 aromatic carbocycles. The van der Waals surface area contributed by atoms with E-state index in [4.69, 9.17) is 43.8 Å². The van der Waals surface area contributed by atoms with Crippen molar-refractivity contribution in [1.29, 1.82) is 0 Å². The van der Waals surface area contributed by atoms with Gasteiger partial charge in [-0.25, -0.2) is 42.8 Å². The Labute approximate surface area is 498 Å². The normalized spacial score (nSPS) is 29.7. The second-order valence-electron chi connectivity index (χ2n) is 20.2. The molecule has 19 atom stereocenters. The number of fused-ring (bicyclic) bond motifs is 2. The van der Waals surface area contributed by atoms with Crippen molar-refractivity contribution in [3.05, 3.63) is 29.3 Å². The summed E-state index contributed by atoms with van der Waals surface area (Å²) in [6.45, 7) is 1.95. The van der Waals surface area contributed by atoms with Gasteiger partial charge in [0.15, 0.2) is 41.4 Å². The smallest absolute Gasteiger partial charge is 0.388 e. The number of amides is 2. The number of imidazole rings is 2. The van der Waals surface area contributed by atoms with Gasteiger partial charge in [0.1, 0.15) is 66.8 Å². The summed E-state index contributed by atoms with van der Waals surface area (Å²) in [6, 6.07) is -1.07. The average molecular weight is 1380 g/mol. The second kappa shape index (κ2) is 28.5. The van der Waals surface area contributed by atoms with E-state index in [1.54, 1.807) is 6.92 Å². The lowest BCUT2D eigenvalue weighted by atomic mass is 9.87. The number of phosphoric acid groups is 5. The molecule has 0 spiro atoms. The minimum Gasteiger partial charge on any atom is -0.388 e. The zero-order chi connectivity index (χ0) is 65.2. The van der Waals surface area contributed by atoms with Crippen molar-refractivity contribution in [1.82, 2.24) is 55.0 Å². The Bertz CT molecular complexity index is 3440. The van der Waals surface area contributed by atoms with Gasteiger partial charge in [0, 0.05) is 30.7 Å². The molecule has 0 radical (unpaired) electrons. The molecule has 4 unspecified atom stereocenters. The first kappa shape index (κ1) is 71.5. The highest BCUT2D eigenvalue weighted by Gasteiger charge is 2.52. The van der Waals surface area contributed by atoms with Crippen molar-refractivity contribution in [2.24, 2.45) is 5.41 Å². The first-order valence-electron chi connectivity index (χ1n) is 25.5. The average Bonchev–Trinajstić information content (AvgIpc) is 2.75. The summed E-state index contributed by atoms with van der Waals surface area (Å²) in [5, 5.41) is 72.0. The van der Waals surface area contributed by atoms with Crippen molar-refractivity contribution < 1.29 is 138 Å². The number of aliphatic hydroxyl groups excluding tert-OH is 6. The van der Waals surface area contributed by atoms with Crippen molar-refractivity contribution in [2.75, 3.05) is 50.1 Å². The standard InChI is InChI=1S/C39H64N13O30P5S/c1-15-20(24(55)26(57)37(76-15)80-87(71,72)82-85(67,68)73-9-17-23(54)25(56)35(77-17)52-14-47-22-32(52)49-38(41)50-33(22)60)48-16(2)88-8-7-42-19(53)5-6-43-34(61)29(59)39(3,4)11-75-86(69,70)81-84(65,66)74-10-18-28(79-83(62,63)64)27(58)36(78-18)51-13-46-21-30(40)44-12-45-31(21)51/h12-18,20,23-29,35-37,48,54-59H,5-11H2,1-4H3,(H,42,53)(H,43,61)(H,65,66)(H,67,68)(H,69,70)(H,71,72)(H2,40,44,45)(H2,62,63,64)(H3,41,49,50,60)/t15-,16+,17-,18-,20-,23-,24+,25-,26+,27-,28-,29+,35-,36-,37-/m1/s1. The lowest BCUT2D eigenvalue weighted by Gasteiger charge is -2.42. The van der Waals surface area contributed by atoms with Gasteiger partial charge in [0.05, 0.1) is 50.0 Å². The number of nitrogens with two attached hydrogens (primary N) is 2. The van der Waals surface area contributed by atoms with Crippen LogP contribution in [-0.2, 0) is 77.9 Å². The number of nitrogens with zero attached hydrogens (tertiary/aromatic N) is 7. The summed E-state index contributed by atoms with van der Waals surface area (Å²) in [4.78, 5) is 120. The number of anilines is 2. The summed E-state index contributed by atoms with van der Waals surface area (Å²) in [5.41, 5.74) is 8.62. The Kier molecular flexibility index (Phi) is 23.1. The summed E-state index contributed by atoms with van der Waals surface area (Å²) in [6.07, 6.45) is -20.1. The van der Waals surface area contributed by atoms with Crippen LogP contribution in [0.25, 0.3) is 22.3 Å². The molecule has 496 valence electrons. The Morgan fingerprint density at radius 1 is 0.750 bits per heavy atom. The number of nitrogen functional groups attached to an aromatic ring is 2. The van der Waals surface area contributed by atoms with Crippen molar-refractivity contribution in [3.63, 3.8) is 0 Å². The lowest BCUT2D eigenvalue weighted by molar-refractivity contribution is -0.246. The van der Waals surface area contributed by atoms with E-state index in [2.05, 4.69) is 59.0 Å². The zero-order valence-electron chi connectivity index (χ0n) is 46.0. The van der Waals surface area contributed by atoms with Gasteiger partial charge in [-0.3, -0.25) is 56.4 Å². The molecule has 49 heteroatoms. The molecule has 0 aliphatic carbocycles. The molecule has 3 aliphatic rings. The molecule has 3 saturated heterocycles. The van der Waals surface area contributed by atoms with Crippen molar-refractivity contribution in [2.45, 2.75) is 125 Å². The van der Waals surface area contributed by atoms with E-state index >= 15 is 0 Å². The molecule has 3 aliphatic heterocycles. The molecule has 43 nitrogen and oxygen atoms in total. The third-order valence-electron chi connectivity index (χ3n) is 13.1. The number of rotatable bonds is 30. The Morgan fingerprint density at radius 3 is 2.00 bits per heavy atom. The highest BCUT2D eigenvalue weighted by molar-refractivity contribution is 7.99. The Morgan fingerprint density at radius 2 is 1.34 bits per heavy atom. The molecule has 7 rings (SSSR count). The first-order valence-corrected chi connectivity index (χ1v) is 34.1. The van der Waals surface area contributed by atoms with Gasteiger partial charge >= 0.3 is 39.1 Å². The van der Waals surface area contributed by atoms with E-state index in [0.717, 1.165) is 28.1 Å². The Balaban J connectivity index is 0.772. The molecule has 20 N–H and O–H groups in total. The molecule has 0 bridgehead atoms. The number of aromatic nitrogens is 8. The third kappa shape index (κ3) is 18.2. The number of carbonyl (C=O) groups excluding carboxylic acids is 2. The largest absolute Gasteiger partial charge is 0.483 e. The zero-order valence-corrected chi connectivity index (χ0v) is 51.3. The number of nitrogens with one attached hydrogen (secondary N) is 4. The molecule has 4 aromatic rings. The van der Waals surface area contributed by atoms with Crippen LogP contribution in [0.2, 0.25) is 0 Å². The number of carbonyl (C=O) groups is 2. The van der Waals surface area contributed by atoms with Gasteiger partial charge in [-0.2, -0.15) is 13.6 Å². The highest BCUT2D eigenvalue weighted by atomic mass is 32.2. The second-order valence-corrected chi connectivity index (χ2v) is 28.9. The highest BCUT2D eigenvalue weighted by Crippen LogP contribution is 2.63. The van der Waals surface area contributed by atoms with Crippen LogP contribution in [0.1, 0.15) is 46.6 Å². The maximum atomic E-state index is 12.9. The van der Waals surface area contributed by atoms with Crippen LogP contribution in [0.4, 0.5) is 11.8 Å². The maximum Gasteiger partial charge on any atom is 0.483 e. The van der Waals surface area contributed by atoms with Crippen LogP contribution >= 0.6 is 50.9 Å². The summed E-state index contributed by atoms with van der Waals surface area (Å²) >= 11 is 1.21. The molecular weight excluding hydrogens is 1320 g/mol. The fourth-order valence-electron chi connectivity index (χ4n) is 8.73. The number of H-pyrrole nitrogens is 1. The molecule has 88 heavy (non-hydrogen) atoms. The number of ether oxygens (including phenoxy) is 3. The molecule has 0 saturated carbocycles. The van der Waals surface area contributed by atoms with Crippen LogP contribution < -0.4 is 33.0 Å². The molecular formula is C39H64N13O30P5S. The van der Waals surface area contributed by atoms with Gasteiger partial charge in [-0.05, 0) is 13.8 Å². The maximum absolute atomic E-state index is 12.9. The fourth-order valence-corrected chi connectivity index (χ4v) is 14.5.